The van der Waals surface area contributed by atoms with Crippen molar-refractivity contribution in [3.63, 3.8) is 0 Å². The van der Waals surface area contributed by atoms with Crippen LogP contribution in [0.25, 0.3) is 0 Å². The minimum Gasteiger partial charge on any atom is -0.368 e. The molecule has 0 saturated heterocycles. The SMILES string of the molecule is Cc1c(NN)nc(C(C)(C)C)nc1N(C)CC(N)=O. The Balaban J connectivity index is 3.33. The highest BCUT2D eigenvalue weighted by Crippen LogP contribution is 2.27. The highest BCUT2D eigenvalue weighted by molar-refractivity contribution is 5.79. The molecule has 7 heteroatoms. The van der Waals surface area contributed by atoms with Gasteiger partial charge in [-0.3, -0.25) is 4.79 Å². The zero-order valence-corrected chi connectivity index (χ0v) is 12.1. The number of hydrogen-bond acceptors (Lipinski definition) is 6. The van der Waals surface area contributed by atoms with Crippen LogP contribution >= 0.6 is 0 Å². The number of nitrogens with one attached hydrogen (secondary N) is 1. The summed E-state index contributed by atoms with van der Waals surface area (Å²) in [5, 5.41) is 0. The van der Waals surface area contributed by atoms with Crippen molar-refractivity contribution < 1.29 is 4.79 Å². The Bertz CT molecular complexity index is 480. The van der Waals surface area contributed by atoms with Crippen molar-refractivity contribution in [3.05, 3.63) is 11.4 Å². The van der Waals surface area contributed by atoms with E-state index >= 15 is 0 Å². The van der Waals surface area contributed by atoms with E-state index in [0.29, 0.717) is 17.5 Å². The van der Waals surface area contributed by atoms with Crippen LogP contribution in [0.4, 0.5) is 11.6 Å². The molecular formula is C12H22N6O. The molecule has 5 N–H and O–H groups in total. The average Bonchev–Trinajstić information content (AvgIpc) is 2.26. The summed E-state index contributed by atoms with van der Waals surface area (Å²) in [6.07, 6.45) is 0. The van der Waals surface area contributed by atoms with Crippen LogP contribution in [-0.4, -0.2) is 29.5 Å². The van der Waals surface area contributed by atoms with Crippen LogP contribution in [0.2, 0.25) is 0 Å². The number of likely N-dealkylation sites (N-methyl/N-ethyl adjacent to an activating group) is 1. The molecule has 0 spiro atoms. The lowest BCUT2D eigenvalue weighted by molar-refractivity contribution is -0.116. The Kier molecular flexibility index (Phi) is 4.31. The number of carbonyl (C=O) groups excluding carboxylic acids is 1. The smallest absolute Gasteiger partial charge is 0.236 e. The Labute approximate surface area is 113 Å². The number of nitrogens with two attached hydrogens (primary N) is 2. The van der Waals surface area contributed by atoms with Crippen molar-refractivity contribution in [2.45, 2.75) is 33.1 Å². The first-order valence-electron chi connectivity index (χ1n) is 6.02. The summed E-state index contributed by atoms with van der Waals surface area (Å²) in [6, 6.07) is 0. The molecule has 7 nitrogen and oxygen atoms in total. The summed E-state index contributed by atoms with van der Waals surface area (Å²) in [5.74, 6) is 6.91. The van der Waals surface area contributed by atoms with Crippen molar-refractivity contribution in [1.82, 2.24) is 9.97 Å². The van der Waals surface area contributed by atoms with E-state index in [9.17, 15) is 4.79 Å². The zero-order chi connectivity index (χ0) is 14.8. The first kappa shape index (κ1) is 15.2. The number of hydrazine groups is 1. The van der Waals surface area contributed by atoms with Gasteiger partial charge in [0.1, 0.15) is 17.5 Å². The number of hydrogen-bond donors (Lipinski definition) is 3. The van der Waals surface area contributed by atoms with Crippen LogP contribution in [0.15, 0.2) is 0 Å². The van der Waals surface area contributed by atoms with Crippen LogP contribution in [0.5, 0.6) is 0 Å². The van der Waals surface area contributed by atoms with Gasteiger partial charge in [-0.2, -0.15) is 0 Å². The largest absolute Gasteiger partial charge is 0.368 e. The van der Waals surface area contributed by atoms with Gasteiger partial charge in [0.05, 0.1) is 6.54 Å². The minimum absolute atomic E-state index is 0.0887. The molecule has 106 valence electrons. The number of nitrogen functional groups attached to an aromatic ring is 1. The quantitative estimate of drug-likeness (QED) is 0.533. The number of carbonyl (C=O) groups is 1. The van der Waals surface area contributed by atoms with Crippen LogP contribution in [0.1, 0.15) is 32.2 Å². The predicted molar refractivity (Wildman–Crippen MR) is 75.7 cm³/mol. The van der Waals surface area contributed by atoms with Crippen molar-refractivity contribution in [1.29, 1.82) is 0 Å². The maximum atomic E-state index is 11.0. The number of nitrogens with zero attached hydrogens (tertiary/aromatic N) is 3. The van der Waals surface area contributed by atoms with Gasteiger partial charge >= 0.3 is 0 Å². The molecule has 19 heavy (non-hydrogen) atoms. The van der Waals surface area contributed by atoms with Crippen molar-refractivity contribution >= 4 is 17.5 Å². The summed E-state index contributed by atoms with van der Waals surface area (Å²) in [4.78, 5) is 21.6. The number of amides is 1. The first-order valence-corrected chi connectivity index (χ1v) is 6.02. The summed E-state index contributed by atoms with van der Waals surface area (Å²) in [7, 11) is 1.76. The van der Waals surface area contributed by atoms with Gasteiger partial charge in [-0.15, -0.1) is 0 Å². The van der Waals surface area contributed by atoms with E-state index in [4.69, 9.17) is 11.6 Å². The molecule has 1 amide bonds. The lowest BCUT2D eigenvalue weighted by atomic mass is 9.95. The molecule has 0 aliphatic rings. The molecule has 1 aromatic heterocycles. The van der Waals surface area contributed by atoms with Crippen LogP contribution in [0, 0.1) is 6.92 Å². The lowest BCUT2D eigenvalue weighted by Crippen LogP contribution is -2.33. The average molecular weight is 266 g/mol. The molecule has 0 aliphatic carbocycles. The molecular weight excluding hydrogens is 244 g/mol. The molecule has 0 atom stereocenters. The van der Waals surface area contributed by atoms with E-state index in [-0.39, 0.29) is 12.0 Å². The number of rotatable bonds is 4. The molecule has 0 aromatic carbocycles. The predicted octanol–water partition coefficient (Wildman–Crippen LogP) is 0.290. The van der Waals surface area contributed by atoms with Gasteiger partial charge in [0.25, 0.3) is 0 Å². The Morgan fingerprint density at radius 1 is 1.37 bits per heavy atom. The molecule has 1 aromatic rings. The van der Waals surface area contributed by atoms with Gasteiger partial charge in [-0.05, 0) is 6.92 Å². The van der Waals surface area contributed by atoms with Gasteiger partial charge in [0.15, 0.2) is 0 Å². The molecule has 0 unspecified atom stereocenters. The van der Waals surface area contributed by atoms with E-state index in [1.165, 1.54) is 0 Å². The molecule has 0 fully saturated rings. The second kappa shape index (κ2) is 5.40. The Morgan fingerprint density at radius 3 is 2.37 bits per heavy atom. The van der Waals surface area contributed by atoms with Crippen molar-refractivity contribution in [2.24, 2.45) is 11.6 Å². The van der Waals surface area contributed by atoms with Crippen LogP contribution in [-0.2, 0) is 10.2 Å². The molecule has 0 aliphatic heterocycles. The third-order valence-corrected chi connectivity index (χ3v) is 2.68. The normalized spacial score (nSPS) is 11.3. The van der Waals surface area contributed by atoms with Gasteiger partial charge in [-0.1, -0.05) is 20.8 Å². The fraction of sp³-hybridized carbons (Fsp3) is 0.583. The highest BCUT2D eigenvalue weighted by Gasteiger charge is 2.22. The topological polar surface area (TPSA) is 110 Å². The summed E-state index contributed by atoms with van der Waals surface area (Å²) < 4.78 is 0. The number of aromatic nitrogens is 2. The fourth-order valence-corrected chi connectivity index (χ4v) is 1.66. The Hall–Kier alpha value is -1.89. The second-order valence-corrected chi connectivity index (χ2v) is 5.56. The van der Waals surface area contributed by atoms with E-state index in [0.717, 1.165) is 5.56 Å². The van der Waals surface area contributed by atoms with E-state index in [1.807, 2.05) is 27.7 Å². The third kappa shape index (κ3) is 3.54. The third-order valence-electron chi connectivity index (χ3n) is 2.68. The lowest BCUT2D eigenvalue weighted by Gasteiger charge is -2.24. The fourth-order valence-electron chi connectivity index (χ4n) is 1.66. The minimum atomic E-state index is -0.417. The maximum Gasteiger partial charge on any atom is 0.236 e. The van der Waals surface area contributed by atoms with Gasteiger partial charge in [-0.25, -0.2) is 15.8 Å². The molecule has 1 rings (SSSR count). The van der Waals surface area contributed by atoms with Crippen molar-refractivity contribution in [3.8, 4) is 0 Å². The van der Waals surface area contributed by atoms with E-state index in [1.54, 1.807) is 11.9 Å². The first-order chi connectivity index (χ1) is 8.66. The zero-order valence-electron chi connectivity index (χ0n) is 12.1. The van der Waals surface area contributed by atoms with Gasteiger partial charge in [0.2, 0.25) is 5.91 Å². The van der Waals surface area contributed by atoms with E-state index < -0.39 is 5.91 Å². The summed E-state index contributed by atoms with van der Waals surface area (Å²) in [6.45, 7) is 7.96. The summed E-state index contributed by atoms with van der Waals surface area (Å²) >= 11 is 0. The number of anilines is 2. The Morgan fingerprint density at radius 2 is 1.95 bits per heavy atom. The van der Waals surface area contributed by atoms with Crippen molar-refractivity contribution in [2.75, 3.05) is 23.9 Å². The summed E-state index contributed by atoms with van der Waals surface area (Å²) in [5.41, 5.74) is 8.33. The van der Waals surface area contributed by atoms with Gasteiger partial charge in [0, 0.05) is 18.0 Å². The monoisotopic (exact) mass is 266 g/mol. The molecule has 1 heterocycles. The maximum absolute atomic E-state index is 11.0. The van der Waals surface area contributed by atoms with Crippen LogP contribution < -0.4 is 21.9 Å². The molecule has 0 bridgehead atoms. The standard InChI is InChI=1S/C12H22N6O/c1-7-9(17-14)15-11(12(2,3)4)16-10(7)18(5)6-8(13)19/h6,14H2,1-5H3,(H2,13,19)(H,15,16,17). The highest BCUT2D eigenvalue weighted by atomic mass is 16.1. The van der Waals surface area contributed by atoms with E-state index in [2.05, 4.69) is 15.4 Å². The molecule has 0 radical (unpaired) electrons. The number of primary amides is 1. The second-order valence-electron chi connectivity index (χ2n) is 5.56. The molecule has 0 saturated carbocycles. The van der Waals surface area contributed by atoms with Crippen LogP contribution in [0.3, 0.4) is 0 Å². The van der Waals surface area contributed by atoms with Gasteiger partial charge < -0.3 is 16.1 Å².